The third-order valence-electron chi connectivity index (χ3n) is 3.98. The van der Waals surface area contributed by atoms with E-state index in [0.717, 1.165) is 0 Å². The first-order valence-electron chi connectivity index (χ1n) is 8.81. The minimum absolute atomic E-state index is 0.316. The molecule has 0 bridgehead atoms. The maximum atomic E-state index is 12.5. The van der Waals surface area contributed by atoms with E-state index in [0.29, 0.717) is 32.7 Å². The smallest absolute Gasteiger partial charge is 0.265 e. The first kappa shape index (κ1) is 20.7. The summed E-state index contributed by atoms with van der Waals surface area (Å²) in [6, 6.07) is 20.4. The average Bonchev–Trinajstić information content (AvgIpc) is 2.70. The van der Waals surface area contributed by atoms with Crippen molar-refractivity contribution in [2.24, 2.45) is 0 Å². The fraction of sp³-hybridized carbons (Fsp3) is 0.0909. The number of carbonyl (C=O) groups is 2. The summed E-state index contributed by atoms with van der Waals surface area (Å²) < 4.78 is 5.61. The Kier molecular flexibility index (Phi) is 6.75. The molecule has 7 heteroatoms. The van der Waals surface area contributed by atoms with Gasteiger partial charge in [-0.2, -0.15) is 0 Å². The Morgan fingerprint density at radius 2 is 1.55 bits per heavy atom. The summed E-state index contributed by atoms with van der Waals surface area (Å²) in [5.41, 5.74) is 1.45. The van der Waals surface area contributed by atoms with Gasteiger partial charge in [0.05, 0.1) is 5.02 Å². The van der Waals surface area contributed by atoms with Crippen LogP contribution in [-0.4, -0.2) is 17.9 Å². The van der Waals surface area contributed by atoms with Gasteiger partial charge in [0, 0.05) is 22.0 Å². The van der Waals surface area contributed by atoms with E-state index in [4.69, 9.17) is 27.9 Å². The van der Waals surface area contributed by atoms with Crippen molar-refractivity contribution in [3.05, 3.63) is 88.4 Å². The summed E-state index contributed by atoms with van der Waals surface area (Å²) in [6.45, 7) is 1.62. The highest BCUT2D eigenvalue weighted by Gasteiger charge is 2.17. The van der Waals surface area contributed by atoms with Gasteiger partial charge in [0.25, 0.3) is 11.8 Å². The Labute approximate surface area is 178 Å². The molecule has 0 aliphatic rings. The van der Waals surface area contributed by atoms with E-state index in [-0.39, 0.29) is 11.8 Å². The normalized spacial score (nSPS) is 11.4. The van der Waals surface area contributed by atoms with Crippen LogP contribution in [0.1, 0.15) is 17.3 Å². The molecule has 0 saturated carbocycles. The number of rotatable bonds is 6. The Bertz CT molecular complexity index is 1040. The number of ether oxygens (including phenoxy) is 1. The molecule has 2 N–H and O–H groups in total. The lowest BCUT2D eigenvalue weighted by atomic mass is 10.1. The molecular formula is C22H18Cl2N2O3. The standard InChI is InChI=1S/C22H18Cl2N2O3/c1-14(29-20-11-3-2-10-19(20)24)21(27)25-17-8-4-6-15(12-17)22(28)26-18-9-5-7-16(23)13-18/h2-14H,1H3,(H,25,27)(H,26,28). The van der Waals surface area contributed by atoms with Crippen LogP contribution < -0.4 is 15.4 Å². The van der Waals surface area contributed by atoms with E-state index in [9.17, 15) is 9.59 Å². The number of hydrogen-bond acceptors (Lipinski definition) is 3. The van der Waals surface area contributed by atoms with Gasteiger partial charge in [-0.15, -0.1) is 0 Å². The van der Waals surface area contributed by atoms with Gasteiger partial charge < -0.3 is 15.4 Å². The summed E-state index contributed by atoms with van der Waals surface area (Å²) in [5.74, 6) is -0.257. The lowest BCUT2D eigenvalue weighted by molar-refractivity contribution is -0.122. The molecule has 5 nitrogen and oxygen atoms in total. The van der Waals surface area contributed by atoms with Crippen LogP contribution in [-0.2, 0) is 4.79 Å². The second kappa shape index (κ2) is 9.45. The number of carbonyl (C=O) groups excluding carboxylic acids is 2. The van der Waals surface area contributed by atoms with E-state index in [1.54, 1.807) is 79.7 Å². The third-order valence-corrected chi connectivity index (χ3v) is 4.53. The molecule has 3 aromatic rings. The first-order chi connectivity index (χ1) is 13.9. The van der Waals surface area contributed by atoms with Gasteiger partial charge in [-0.25, -0.2) is 0 Å². The molecule has 3 aromatic carbocycles. The van der Waals surface area contributed by atoms with Crippen molar-refractivity contribution in [2.45, 2.75) is 13.0 Å². The Hall–Kier alpha value is -3.02. The monoisotopic (exact) mass is 428 g/mol. The molecule has 1 unspecified atom stereocenters. The molecule has 3 rings (SSSR count). The van der Waals surface area contributed by atoms with Crippen molar-refractivity contribution in [3.63, 3.8) is 0 Å². The van der Waals surface area contributed by atoms with Gasteiger partial charge >= 0.3 is 0 Å². The number of anilines is 2. The summed E-state index contributed by atoms with van der Waals surface area (Å²) in [4.78, 5) is 24.9. The Morgan fingerprint density at radius 3 is 2.28 bits per heavy atom. The number of nitrogens with one attached hydrogen (secondary N) is 2. The van der Waals surface area contributed by atoms with E-state index < -0.39 is 6.10 Å². The van der Waals surface area contributed by atoms with E-state index in [1.165, 1.54) is 0 Å². The zero-order chi connectivity index (χ0) is 20.8. The summed E-state index contributed by atoms with van der Waals surface area (Å²) >= 11 is 12.0. The number of halogens is 2. The summed E-state index contributed by atoms with van der Waals surface area (Å²) in [5, 5.41) is 6.45. The second-order valence-electron chi connectivity index (χ2n) is 6.23. The highest BCUT2D eigenvalue weighted by atomic mass is 35.5. The van der Waals surface area contributed by atoms with Gasteiger partial charge in [0.1, 0.15) is 5.75 Å². The predicted molar refractivity (Wildman–Crippen MR) is 116 cm³/mol. The SMILES string of the molecule is CC(Oc1ccccc1Cl)C(=O)Nc1cccc(C(=O)Nc2cccc(Cl)c2)c1. The van der Waals surface area contributed by atoms with Crippen LogP contribution in [0.15, 0.2) is 72.8 Å². The number of hydrogen-bond donors (Lipinski definition) is 2. The highest BCUT2D eigenvalue weighted by molar-refractivity contribution is 6.32. The van der Waals surface area contributed by atoms with Gasteiger partial charge in [-0.1, -0.05) is 47.5 Å². The van der Waals surface area contributed by atoms with Crippen molar-refractivity contribution < 1.29 is 14.3 Å². The molecule has 0 aliphatic carbocycles. The number of amides is 2. The first-order valence-corrected chi connectivity index (χ1v) is 9.57. The van der Waals surface area contributed by atoms with E-state index >= 15 is 0 Å². The highest BCUT2D eigenvalue weighted by Crippen LogP contribution is 2.24. The predicted octanol–water partition coefficient (Wildman–Crippen LogP) is 5.65. The van der Waals surface area contributed by atoms with Crippen molar-refractivity contribution in [1.82, 2.24) is 0 Å². The third kappa shape index (κ3) is 5.73. The fourth-order valence-electron chi connectivity index (χ4n) is 2.54. The number of para-hydroxylation sites is 1. The zero-order valence-corrected chi connectivity index (χ0v) is 17.0. The zero-order valence-electron chi connectivity index (χ0n) is 15.5. The molecule has 0 aliphatic heterocycles. The van der Waals surface area contributed by atoms with Gasteiger partial charge in [-0.3, -0.25) is 9.59 Å². The largest absolute Gasteiger partial charge is 0.479 e. The van der Waals surface area contributed by atoms with Gasteiger partial charge in [0.2, 0.25) is 0 Å². The van der Waals surface area contributed by atoms with Crippen molar-refractivity contribution in [3.8, 4) is 5.75 Å². The molecule has 1 atom stereocenters. The Morgan fingerprint density at radius 1 is 0.862 bits per heavy atom. The van der Waals surface area contributed by atoms with Crippen LogP contribution in [0.25, 0.3) is 0 Å². The van der Waals surface area contributed by atoms with Crippen LogP contribution in [0.5, 0.6) is 5.75 Å². The average molecular weight is 429 g/mol. The van der Waals surface area contributed by atoms with Crippen LogP contribution in [0.2, 0.25) is 10.0 Å². The quantitative estimate of drug-likeness (QED) is 0.532. The van der Waals surface area contributed by atoms with Crippen LogP contribution in [0, 0.1) is 0 Å². The molecule has 148 valence electrons. The molecule has 0 spiro atoms. The Balaban J connectivity index is 1.65. The lowest BCUT2D eigenvalue weighted by Gasteiger charge is -2.16. The van der Waals surface area contributed by atoms with Crippen LogP contribution in [0.4, 0.5) is 11.4 Å². The van der Waals surface area contributed by atoms with Crippen LogP contribution in [0.3, 0.4) is 0 Å². The molecule has 0 heterocycles. The van der Waals surface area contributed by atoms with Crippen molar-refractivity contribution >= 4 is 46.4 Å². The fourth-order valence-corrected chi connectivity index (χ4v) is 2.91. The minimum atomic E-state index is -0.779. The molecule has 0 saturated heterocycles. The van der Waals surface area contributed by atoms with E-state index in [1.807, 2.05) is 0 Å². The molecule has 0 fully saturated rings. The van der Waals surface area contributed by atoms with Crippen molar-refractivity contribution in [1.29, 1.82) is 0 Å². The molecular weight excluding hydrogens is 411 g/mol. The molecule has 0 radical (unpaired) electrons. The minimum Gasteiger partial charge on any atom is -0.479 e. The summed E-state index contributed by atoms with van der Waals surface area (Å²) in [7, 11) is 0. The number of benzene rings is 3. The van der Waals surface area contributed by atoms with Gasteiger partial charge in [0.15, 0.2) is 6.10 Å². The molecule has 2 amide bonds. The molecule has 0 aromatic heterocycles. The summed E-state index contributed by atoms with van der Waals surface area (Å²) in [6.07, 6.45) is -0.779. The molecule has 29 heavy (non-hydrogen) atoms. The van der Waals surface area contributed by atoms with E-state index in [2.05, 4.69) is 10.6 Å². The van der Waals surface area contributed by atoms with Gasteiger partial charge in [-0.05, 0) is 55.5 Å². The lowest BCUT2D eigenvalue weighted by Crippen LogP contribution is -2.30. The second-order valence-corrected chi connectivity index (χ2v) is 7.07. The van der Waals surface area contributed by atoms with Crippen LogP contribution >= 0.6 is 23.2 Å². The maximum absolute atomic E-state index is 12.5. The van der Waals surface area contributed by atoms with Crippen molar-refractivity contribution in [2.75, 3.05) is 10.6 Å². The maximum Gasteiger partial charge on any atom is 0.265 e. The topological polar surface area (TPSA) is 67.4 Å².